The smallest absolute Gasteiger partial charge is 0.244 e. The molecule has 108 valence electrons. The largest absolute Gasteiger partial charge is 0.348 e. The SMILES string of the molecule is CSc1ccc(C=CC(=O)NCc2ccc(F)cc2)cc1. The van der Waals surface area contributed by atoms with Crippen LogP contribution in [0.2, 0.25) is 0 Å². The Morgan fingerprint density at radius 2 is 1.81 bits per heavy atom. The highest BCUT2D eigenvalue weighted by molar-refractivity contribution is 7.98. The van der Waals surface area contributed by atoms with Crippen LogP contribution in [0.25, 0.3) is 6.08 Å². The second kappa shape index (κ2) is 7.64. The van der Waals surface area contributed by atoms with E-state index in [4.69, 9.17) is 0 Å². The van der Waals surface area contributed by atoms with Crippen molar-refractivity contribution in [2.75, 3.05) is 6.26 Å². The topological polar surface area (TPSA) is 29.1 Å². The molecule has 0 saturated carbocycles. The van der Waals surface area contributed by atoms with Crippen molar-refractivity contribution >= 4 is 23.7 Å². The summed E-state index contributed by atoms with van der Waals surface area (Å²) in [5.74, 6) is -0.452. The lowest BCUT2D eigenvalue weighted by atomic mass is 10.2. The maximum Gasteiger partial charge on any atom is 0.244 e. The maximum atomic E-state index is 12.7. The van der Waals surface area contributed by atoms with Gasteiger partial charge in [0.1, 0.15) is 5.82 Å². The molecule has 0 aliphatic rings. The number of amides is 1. The third-order valence-corrected chi connectivity index (χ3v) is 3.67. The molecule has 0 radical (unpaired) electrons. The molecule has 0 aliphatic heterocycles. The number of halogens is 1. The monoisotopic (exact) mass is 301 g/mol. The van der Waals surface area contributed by atoms with Gasteiger partial charge in [0.05, 0.1) is 0 Å². The highest BCUT2D eigenvalue weighted by atomic mass is 32.2. The van der Waals surface area contributed by atoms with Gasteiger partial charge >= 0.3 is 0 Å². The highest BCUT2D eigenvalue weighted by Gasteiger charge is 1.98. The van der Waals surface area contributed by atoms with Crippen molar-refractivity contribution in [2.24, 2.45) is 0 Å². The number of carbonyl (C=O) groups is 1. The van der Waals surface area contributed by atoms with Crippen molar-refractivity contribution in [3.63, 3.8) is 0 Å². The third-order valence-electron chi connectivity index (χ3n) is 2.92. The first-order valence-corrected chi connectivity index (χ1v) is 7.74. The molecular formula is C17H16FNOS. The third kappa shape index (κ3) is 5.08. The van der Waals surface area contributed by atoms with Crippen molar-refractivity contribution in [3.05, 3.63) is 71.6 Å². The number of rotatable bonds is 5. The highest BCUT2D eigenvalue weighted by Crippen LogP contribution is 2.15. The van der Waals surface area contributed by atoms with Gasteiger partial charge in [-0.05, 0) is 47.7 Å². The maximum absolute atomic E-state index is 12.7. The van der Waals surface area contributed by atoms with Crippen molar-refractivity contribution in [1.29, 1.82) is 0 Å². The van der Waals surface area contributed by atoms with Crippen LogP contribution in [0.1, 0.15) is 11.1 Å². The quantitative estimate of drug-likeness (QED) is 0.671. The Hall–Kier alpha value is -2.07. The van der Waals surface area contributed by atoms with Gasteiger partial charge < -0.3 is 5.32 Å². The fourth-order valence-corrected chi connectivity index (χ4v) is 2.15. The normalized spacial score (nSPS) is 10.8. The lowest BCUT2D eigenvalue weighted by Gasteiger charge is -2.02. The molecule has 0 aromatic heterocycles. The van der Waals surface area contributed by atoms with Gasteiger partial charge in [-0.15, -0.1) is 11.8 Å². The van der Waals surface area contributed by atoms with Gasteiger partial charge in [-0.3, -0.25) is 4.79 Å². The molecular weight excluding hydrogens is 285 g/mol. The lowest BCUT2D eigenvalue weighted by Crippen LogP contribution is -2.20. The summed E-state index contributed by atoms with van der Waals surface area (Å²) in [7, 11) is 0. The standard InChI is InChI=1S/C17H16FNOS/c1-21-16-9-4-13(5-10-16)6-11-17(20)19-12-14-2-7-15(18)8-3-14/h2-11H,12H2,1H3,(H,19,20). The molecule has 2 nitrogen and oxygen atoms in total. The van der Waals surface area contributed by atoms with E-state index in [-0.39, 0.29) is 11.7 Å². The first-order valence-electron chi connectivity index (χ1n) is 6.52. The molecule has 0 saturated heterocycles. The van der Waals surface area contributed by atoms with Crippen LogP contribution < -0.4 is 5.32 Å². The van der Waals surface area contributed by atoms with E-state index in [0.29, 0.717) is 6.54 Å². The molecule has 2 aromatic carbocycles. The summed E-state index contributed by atoms with van der Waals surface area (Å²) in [5, 5.41) is 2.76. The first-order chi connectivity index (χ1) is 10.2. The van der Waals surface area contributed by atoms with Gasteiger partial charge in [-0.2, -0.15) is 0 Å². The number of carbonyl (C=O) groups excluding carboxylic acids is 1. The van der Waals surface area contributed by atoms with Crippen LogP contribution in [-0.4, -0.2) is 12.2 Å². The predicted octanol–water partition coefficient (Wildman–Crippen LogP) is 3.88. The zero-order valence-electron chi connectivity index (χ0n) is 11.7. The van der Waals surface area contributed by atoms with Crippen LogP contribution in [0, 0.1) is 5.82 Å². The first kappa shape index (κ1) is 15.3. The Labute approximate surface area is 128 Å². The number of benzene rings is 2. The summed E-state index contributed by atoms with van der Waals surface area (Å²) >= 11 is 1.68. The molecule has 0 fully saturated rings. The van der Waals surface area contributed by atoms with E-state index >= 15 is 0 Å². The van der Waals surface area contributed by atoms with E-state index in [1.807, 2.05) is 30.5 Å². The summed E-state index contributed by atoms with van der Waals surface area (Å²) in [6.45, 7) is 0.384. The molecule has 0 heterocycles. The number of hydrogen-bond acceptors (Lipinski definition) is 2. The molecule has 0 spiro atoms. The lowest BCUT2D eigenvalue weighted by molar-refractivity contribution is -0.116. The zero-order chi connectivity index (χ0) is 15.1. The molecule has 0 bridgehead atoms. The predicted molar refractivity (Wildman–Crippen MR) is 85.5 cm³/mol. The summed E-state index contributed by atoms with van der Waals surface area (Å²) in [4.78, 5) is 12.9. The minimum absolute atomic E-state index is 0.173. The molecule has 2 aromatic rings. The Bertz CT molecular complexity index is 620. The van der Waals surface area contributed by atoms with Crippen LogP contribution in [-0.2, 0) is 11.3 Å². The Kier molecular flexibility index (Phi) is 5.58. The van der Waals surface area contributed by atoms with E-state index < -0.39 is 0 Å². The fraction of sp³-hybridized carbons (Fsp3) is 0.118. The van der Waals surface area contributed by atoms with Crippen LogP contribution in [0.15, 0.2) is 59.5 Å². The van der Waals surface area contributed by atoms with Crippen molar-refractivity contribution in [2.45, 2.75) is 11.4 Å². The van der Waals surface area contributed by atoms with Crippen LogP contribution >= 0.6 is 11.8 Å². The van der Waals surface area contributed by atoms with E-state index in [1.165, 1.54) is 23.1 Å². The van der Waals surface area contributed by atoms with Crippen LogP contribution in [0.4, 0.5) is 4.39 Å². The average molecular weight is 301 g/mol. The summed E-state index contributed by atoms with van der Waals surface area (Å²) < 4.78 is 12.7. The molecule has 0 atom stereocenters. The van der Waals surface area contributed by atoms with Crippen molar-refractivity contribution < 1.29 is 9.18 Å². The van der Waals surface area contributed by atoms with E-state index in [9.17, 15) is 9.18 Å². The van der Waals surface area contributed by atoms with Crippen molar-refractivity contribution in [3.8, 4) is 0 Å². The summed E-state index contributed by atoms with van der Waals surface area (Å²) in [6, 6.07) is 14.0. The second-order valence-electron chi connectivity index (χ2n) is 4.45. The number of hydrogen-bond donors (Lipinski definition) is 1. The van der Waals surface area contributed by atoms with Gasteiger partial charge in [-0.25, -0.2) is 4.39 Å². The molecule has 4 heteroatoms. The van der Waals surface area contributed by atoms with Crippen LogP contribution in [0.5, 0.6) is 0 Å². The van der Waals surface area contributed by atoms with Crippen molar-refractivity contribution in [1.82, 2.24) is 5.32 Å². The van der Waals surface area contributed by atoms with Gasteiger partial charge in [-0.1, -0.05) is 24.3 Å². The summed E-state index contributed by atoms with van der Waals surface area (Å²) in [5.41, 5.74) is 1.84. The Balaban J connectivity index is 1.85. The molecule has 1 N–H and O–H groups in total. The Morgan fingerprint density at radius 1 is 1.14 bits per heavy atom. The zero-order valence-corrected chi connectivity index (χ0v) is 12.5. The average Bonchev–Trinajstić information content (AvgIpc) is 2.53. The number of nitrogens with one attached hydrogen (secondary N) is 1. The molecule has 21 heavy (non-hydrogen) atoms. The van der Waals surface area contributed by atoms with E-state index in [1.54, 1.807) is 30.0 Å². The second-order valence-corrected chi connectivity index (χ2v) is 5.33. The van der Waals surface area contributed by atoms with Gasteiger partial charge in [0.2, 0.25) is 5.91 Å². The number of thioether (sulfide) groups is 1. The van der Waals surface area contributed by atoms with E-state index in [2.05, 4.69) is 5.32 Å². The Morgan fingerprint density at radius 3 is 2.43 bits per heavy atom. The van der Waals surface area contributed by atoms with Gasteiger partial charge in [0, 0.05) is 17.5 Å². The van der Waals surface area contributed by atoms with E-state index in [0.717, 1.165) is 11.1 Å². The molecule has 0 aliphatic carbocycles. The minimum atomic E-state index is -0.279. The van der Waals surface area contributed by atoms with Gasteiger partial charge in [0.15, 0.2) is 0 Å². The van der Waals surface area contributed by atoms with Gasteiger partial charge in [0.25, 0.3) is 0 Å². The molecule has 0 unspecified atom stereocenters. The fourth-order valence-electron chi connectivity index (χ4n) is 1.74. The summed E-state index contributed by atoms with van der Waals surface area (Å²) in [6.07, 6.45) is 5.29. The molecule has 2 rings (SSSR count). The molecule has 1 amide bonds. The minimum Gasteiger partial charge on any atom is -0.348 e. The van der Waals surface area contributed by atoms with Crippen LogP contribution in [0.3, 0.4) is 0 Å².